The molecule has 2 heterocycles. The van der Waals surface area contributed by atoms with Crippen LogP contribution in [-0.2, 0) is 4.74 Å². The molecule has 1 saturated heterocycles. The minimum atomic E-state index is -0.754. The molecule has 8 heteroatoms. The van der Waals surface area contributed by atoms with E-state index in [9.17, 15) is 20.1 Å². The Morgan fingerprint density at radius 1 is 1.00 bits per heavy atom. The summed E-state index contributed by atoms with van der Waals surface area (Å²) in [5.41, 5.74) is 0.0857. The lowest BCUT2D eigenvalue weighted by atomic mass is 10.1. The molecule has 3 aromatic rings. The van der Waals surface area contributed by atoms with Gasteiger partial charge >= 0.3 is 0 Å². The number of morpholine rings is 1. The minimum absolute atomic E-state index is 0.0221. The Bertz CT molecular complexity index is 1070. The summed E-state index contributed by atoms with van der Waals surface area (Å²) in [5, 5.41) is 29.0. The number of fused-ring (bicyclic) bond motifs is 1. The van der Waals surface area contributed by atoms with E-state index in [4.69, 9.17) is 13.9 Å². The van der Waals surface area contributed by atoms with E-state index in [1.807, 2.05) is 0 Å². The maximum Gasteiger partial charge on any atom is 0.201 e. The Morgan fingerprint density at radius 3 is 2.45 bits per heavy atom. The first kappa shape index (κ1) is 19.1. The van der Waals surface area contributed by atoms with Gasteiger partial charge in [-0.15, -0.1) is 0 Å². The molecule has 8 nitrogen and oxygen atoms in total. The van der Waals surface area contributed by atoms with Crippen LogP contribution in [-0.4, -0.2) is 59.7 Å². The third kappa shape index (κ3) is 3.98. The predicted molar refractivity (Wildman–Crippen MR) is 106 cm³/mol. The van der Waals surface area contributed by atoms with Gasteiger partial charge in [-0.2, -0.15) is 0 Å². The van der Waals surface area contributed by atoms with Crippen LogP contribution in [0.3, 0.4) is 0 Å². The highest BCUT2D eigenvalue weighted by Crippen LogP contribution is 2.40. The summed E-state index contributed by atoms with van der Waals surface area (Å²) < 4.78 is 16.7. The van der Waals surface area contributed by atoms with Crippen molar-refractivity contribution in [1.29, 1.82) is 0 Å². The third-order valence-corrected chi connectivity index (χ3v) is 4.87. The molecule has 1 aliphatic rings. The zero-order valence-electron chi connectivity index (χ0n) is 15.6. The third-order valence-electron chi connectivity index (χ3n) is 4.87. The summed E-state index contributed by atoms with van der Waals surface area (Å²) in [6.45, 7) is 4.71. The molecule has 4 rings (SSSR count). The van der Waals surface area contributed by atoms with E-state index in [-0.39, 0.29) is 16.7 Å². The predicted octanol–water partition coefficient (Wildman–Crippen LogP) is 2.29. The number of benzene rings is 2. The molecule has 1 aromatic heterocycles. The van der Waals surface area contributed by atoms with Crippen LogP contribution in [0.1, 0.15) is 0 Å². The van der Waals surface area contributed by atoms with Gasteiger partial charge in [0.15, 0.2) is 16.9 Å². The molecular weight excluding hydrogens is 378 g/mol. The zero-order chi connectivity index (χ0) is 20.4. The van der Waals surface area contributed by atoms with Crippen molar-refractivity contribution in [2.45, 2.75) is 0 Å². The standard InChI is InChI=1S/C21H21NO7/c23-15-11-17(29-18-12-16(24)20(25)21(26)19(15)18)13-1-3-14(4-2-13)28-10-7-22-5-8-27-9-6-22/h1-4,11-12,24-26H,5-10H2. The summed E-state index contributed by atoms with van der Waals surface area (Å²) in [4.78, 5) is 14.6. The van der Waals surface area contributed by atoms with Gasteiger partial charge in [-0.1, -0.05) is 0 Å². The Hall–Kier alpha value is -3.23. The van der Waals surface area contributed by atoms with Crippen molar-refractivity contribution in [2.24, 2.45) is 0 Å². The van der Waals surface area contributed by atoms with Crippen molar-refractivity contribution in [3.63, 3.8) is 0 Å². The van der Waals surface area contributed by atoms with Crippen molar-refractivity contribution >= 4 is 11.0 Å². The maximum absolute atomic E-state index is 12.4. The lowest BCUT2D eigenvalue weighted by Gasteiger charge is -2.26. The number of phenols is 3. The number of hydrogen-bond donors (Lipinski definition) is 3. The summed E-state index contributed by atoms with van der Waals surface area (Å²) in [6.07, 6.45) is 0. The molecule has 0 unspecified atom stereocenters. The average Bonchev–Trinajstić information content (AvgIpc) is 2.73. The van der Waals surface area contributed by atoms with E-state index in [0.29, 0.717) is 17.9 Å². The lowest BCUT2D eigenvalue weighted by Crippen LogP contribution is -2.38. The average molecular weight is 399 g/mol. The minimum Gasteiger partial charge on any atom is -0.504 e. The van der Waals surface area contributed by atoms with Crippen molar-refractivity contribution in [3.8, 4) is 34.3 Å². The van der Waals surface area contributed by atoms with Crippen LogP contribution in [0.4, 0.5) is 0 Å². The van der Waals surface area contributed by atoms with Crippen LogP contribution in [0.25, 0.3) is 22.3 Å². The molecule has 0 amide bonds. The highest BCUT2D eigenvalue weighted by molar-refractivity contribution is 5.89. The Labute approximate surface area is 166 Å². The van der Waals surface area contributed by atoms with Crippen molar-refractivity contribution in [2.75, 3.05) is 39.5 Å². The SMILES string of the molecule is O=c1cc(-c2ccc(OCCN3CCOCC3)cc2)oc2cc(O)c(O)c(O)c12. The second kappa shape index (κ2) is 8.02. The van der Waals surface area contributed by atoms with E-state index < -0.39 is 22.7 Å². The molecule has 0 aliphatic carbocycles. The van der Waals surface area contributed by atoms with Gasteiger partial charge < -0.3 is 29.2 Å². The maximum atomic E-state index is 12.4. The highest BCUT2D eigenvalue weighted by Gasteiger charge is 2.17. The number of ether oxygens (including phenoxy) is 2. The molecule has 29 heavy (non-hydrogen) atoms. The lowest BCUT2D eigenvalue weighted by molar-refractivity contribution is 0.0322. The van der Waals surface area contributed by atoms with Crippen molar-refractivity contribution in [1.82, 2.24) is 4.90 Å². The van der Waals surface area contributed by atoms with Crippen molar-refractivity contribution < 1.29 is 29.2 Å². The first-order valence-electron chi connectivity index (χ1n) is 9.28. The van der Waals surface area contributed by atoms with Crippen molar-refractivity contribution in [3.05, 3.63) is 46.6 Å². The Kier molecular flexibility index (Phi) is 5.28. The number of rotatable bonds is 5. The molecule has 1 fully saturated rings. The molecule has 152 valence electrons. The van der Waals surface area contributed by atoms with Crippen LogP contribution in [0.5, 0.6) is 23.0 Å². The second-order valence-corrected chi connectivity index (χ2v) is 6.77. The van der Waals surface area contributed by atoms with Gasteiger partial charge in [0.05, 0.1) is 13.2 Å². The molecule has 0 saturated carbocycles. The van der Waals surface area contributed by atoms with Gasteiger partial charge in [-0.25, -0.2) is 0 Å². The highest BCUT2D eigenvalue weighted by atomic mass is 16.5. The van der Waals surface area contributed by atoms with Crippen LogP contribution in [0.15, 0.2) is 45.6 Å². The smallest absolute Gasteiger partial charge is 0.201 e. The van der Waals surface area contributed by atoms with Gasteiger partial charge in [0.1, 0.15) is 29.1 Å². The van der Waals surface area contributed by atoms with Crippen LogP contribution in [0.2, 0.25) is 0 Å². The molecular formula is C21H21NO7. The van der Waals surface area contributed by atoms with E-state index in [0.717, 1.165) is 38.9 Å². The van der Waals surface area contributed by atoms with Crippen LogP contribution in [0, 0.1) is 0 Å². The first-order valence-corrected chi connectivity index (χ1v) is 9.28. The first-order chi connectivity index (χ1) is 14.0. The molecule has 0 radical (unpaired) electrons. The Balaban J connectivity index is 1.50. The summed E-state index contributed by atoms with van der Waals surface area (Å²) in [5.74, 6) is -1.06. The Morgan fingerprint density at radius 2 is 1.72 bits per heavy atom. The van der Waals surface area contributed by atoms with Crippen LogP contribution < -0.4 is 10.2 Å². The molecule has 1 aliphatic heterocycles. The van der Waals surface area contributed by atoms with Crippen LogP contribution >= 0.6 is 0 Å². The molecule has 2 aromatic carbocycles. The van der Waals surface area contributed by atoms with Gasteiger partial charge in [0.2, 0.25) is 5.75 Å². The van der Waals surface area contributed by atoms with E-state index >= 15 is 0 Å². The topological polar surface area (TPSA) is 113 Å². The quantitative estimate of drug-likeness (QED) is 0.560. The van der Waals surface area contributed by atoms with E-state index in [1.165, 1.54) is 6.07 Å². The molecule has 0 atom stereocenters. The number of phenolic OH excluding ortho intramolecular Hbond substituents is 3. The molecule has 3 N–H and O–H groups in total. The second-order valence-electron chi connectivity index (χ2n) is 6.77. The number of hydrogen-bond acceptors (Lipinski definition) is 8. The molecule has 0 spiro atoms. The summed E-state index contributed by atoms with van der Waals surface area (Å²) in [6, 6.07) is 9.41. The fraction of sp³-hybridized carbons (Fsp3) is 0.286. The molecule has 0 bridgehead atoms. The fourth-order valence-electron chi connectivity index (χ4n) is 3.25. The normalized spacial score (nSPS) is 14.9. The monoisotopic (exact) mass is 399 g/mol. The van der Waals surface area contributed by atoms with Gasteiger partial charge in [0.25, 0.3) is 0 Å². The summed E-state index contributed by atoms with van der Waals surface area (Å²) >= 11 is 0. The van der Waals surface area contributed by atoms with E-state index in [1.54, 1.807) is 24.3 Å². The number of nitrogens with zero attached hydrogens (tertiary/aromatic N) is 1. The van der Waals surface area contributed by atoms with E-state index in [2.05, 4.69) is 4.90 Å². The van der Waals surface area contributed by atoms with Gasteiger partial charge in [-0.05, 0) is 24.3 Å². The zero-order valence-corrected chi connectivity index (χ0v) is 15.6. The largest absolute Gasteiger partial charge is 0.504 e. The van der Waals surface area contributed by atoms with Gasteiger partial charge in [-0.3, -0.25) is 9.69 Å². The summed E-state index contributed by atoms with van der Waals surface area (Å²) in [7, 11) is 0. The number of aromatic hydroxyl groups is 3. The van der Waals surface area contributed by atoms with Gasteiger partial charge in [0, 0.05) is 37.3 Å². The fourth-order valence-corrected chi connectivity index (χ4v) is 3.25.